The zero-order chi connectivity index (χ0) is 18.3. The van der Waals surface area contributed by atoms with E-state index in [4.69, 9.17) is 0 Å². The highest BCUT2D eigenvalue weighted by molar-refractivity contribution is 6.01. The smallest absolute Gasteiger partial charge is 0.309 e. The Hall–Kier alpha value is -2.48. The summed E-state index contributed by atoms with van der Waals surface area (Å²) in [6.07, 6.45) is -0.433. The maximum atomic E-state index is 12.9. The Morgan fingerprint density at radius 3 is 2.58 bits per heavy atom. The fourth-order valence-corrected chi connectivity index (χ4v) is 3.24. The molecule has 2 aliphatic rings. The Morgan fingerprint density at radius 1 is 1.08 bits per heavy atom. The molecule has 26 heavy (non-hydrogen) atoms. The first-order valence-electron chi connectivity index (χ1n) is 8.47. The first-order valence-corrected chi connectivity index (χ1v) is 8.47. The van der Waals surface area contributed by atoms with Gasteiger partial charge in [0.15, 0.2) is 0 Å². The summed E-state index contributed by atoms with van der Waals surface area (Å²) in [7, 11) is 0. The van der Waals surface area contributed by atoms with Gasteiger partial charge in [-0.25, -0.2) is 0 Å². The van der Waals surface area contributed by atoms with Gasteiger partial charge in [-0.3, -0.25) is 14.8 Å². The van der Waals surface area contributed by atoms with E-state index < -0.39 is 11.9 Å². The number of carbonyl (C=O) groups excluding carboxylic acids is 1. The van der Waals surface area contributed by atoms with Crippen LogP contribution in [-0.4, -0.2) is 47.0 Å². The van der Waals surface area contributed by atoms with E-state index in [1.54, 1.807) is 11.0 Å². The molecule has 1 saturated heterocycles. The van der Waals surface area contributed by atoms with Crippen molar-refractivity contribution in [2.24, 2.45) is 0 Å². The molecular weight excluding hydrogens is 345 g/mol. The van der Waals surface area contributed by atoms with E-state index in [-0.39, 0.29) is 12.3 Å². The number of carbonyl (C=O) groups is 1. The molecule has 0 spiro atoms. The van der Waals surface area contributed by atoms with Gasteiger partial charge in [-0.1, -0.05) is 0 Å². The number of halogens is 3. The molecule has 2 aromatic rings. The third-order valence-electron chi connectivity index (χ3n) is 4.83. The number of rotatable bonds is 4. The maximum Gasteiger partial charge on any atom is 0.433 e. The van der Waals surface area contributed by atoms with Crippen LogP contribution in [0.25, 0.3) is 11.1 Å². The molecule has 5 nitrogen and oxygen atoms in total. The normalized spacial score (nSPS) is 17.3. The summed E-state index contributed by atoms with van der Waals surface area (Å²) in [5, 5.41) is 0. The van der Waals surface area contributed by atoms with Gasteiger partial charge >= 0.3 is 6.18 Å². The van der Waals surface area contributed by atoms with E-state index in [1.807, 2.05) is 0 Å². The number of fused-ring (bicyclic) bond motifs is 1. The minimum Gasteiger partial charge on any atom is -0.309 e. The summed E-state index contributed by atoms with van der Waals surface area (Å²) in [6, 6.07) is 4.27. The molecule has 2 aliphatic heterocycles. The van der Waals surface area contributed by atoms with Gasteiger partial charge in [0.1, 0.15) is 5.69 Å². The molecule has 4 heterocycles. The monoisotopic (exact) mass is 362 g/mol. The van der Waals surface area contributed by atoms with Gasteiger partial charge in [0.2, 0.25) is 5.91 Å². The van der Waals surface area contributed by atoms with Gasteiger partial charge in [-0.15, -0.1) is 0 Å². The topological polar surface area (TPSA) is 49.3 Å². The van der Waals surface area contributed by atoms with Crippen LogP contribution in [0, 0.1) is 0 Å². The summed E-state index contributed by atoms with van der Waals surface area (Å²) < 4.78 is 38.7. The van der Waals surface area contributed by atoms with Crippen LogP contribution in [0.2, 0.25) is 0 Å². The predicted octanol–water partition coefficient (Wildman–Crippen LogP) is 2.76. The number of aromatic nitrogens is 2. The number of anilines is 1. The van der Waals surface area contributed by atoms with E-state index in [0.717, 1.165) is 31.9 Å². The van der Waals surface area contributed by atoms with Crippen molar-refractivity contribution in [3.05, 3.63) is 42.0 Å². The van der Waals surface area contributed by atoms with Gasteiger partial charge < -0.3 is 9.80 Å². The number of amides is 1. The molecule has 0 aliphatic carbocycles. The molecule has 0 saturated carbocycles. The van der Waals surface area contributed by atoms with Crippen LogP contribution in [0.3, 0.4) is 0 Å². The second-order valence-corrected chi connectivity index (χ2v) is 6.53. The lowest BCUT2D eigenvalue weighted by Crippen LogP contribution is -2.43. The minimum absolute atomic E-state index is 0.0177. The third kappa shape index (κ3) is 3.16. The predicted molar refractivity (Wildman–Crippen MR) is 89.6 cm³/mol. The van der Waals surface area contributed by atoms with Crippen LogP contribution in [-0.2, 0) is 17.4 Å². The van der Waals surface area contributed by atoms with E-state index in [0.29, 0.717) is 29.1 Å². The van der Waals surface area contributed by atoms with Crippen LogP contribution in [0.1, 0.15) is 17.8 Å². The zero-order valence-corrected chi connectivity index (χ0v) is 14.0. The molecule has 1 amide bonds. The number of pyridine rings is 2. The molecule has 0 bridgehead atoms. The van der Waals surface area contributed by atoms with Crippen molar-refractivity contribution in [2.75, 3.05) is 31.1 Å². The van der Waals surface area contributed by atoms with Crippen LogP contribution >= 0.6 is 0 Å². The summed E-state index contributed by atoms with van der Waals surface area (Å²) in [4.78, 5) is 23.9. The van der Waals surface area contributed by atoms with Crippen LogP contribution in [0.5, 0.6) is 0 Å². The SMILES string of the molecule is O=C1Cc2ncc(-c3ccnc(C(F)(F)F)c3)cc2N1CCN1CCC1. The first kappa shape index (κ1) is 17.0. The number of hydrogen-bond donors (Lipinski definition) is 0. The second kappa shape index (κ2) is 6.35. The number of likely N-dealkylation sites (tertiary alicyclic amines) is 1. The van der Waals surface area contributed by atoms with E-state index in [2.05, 4.69) is 14.9 Å². The summed E-state index contributed by atoms with van der Waals surface area (Å²) in [5.74, 6) is -0.0177. The standard InChI is InChI=1S/C18H17F3N4O/c19-18(20,21)16-9-12(2-3-22-16)13-8-15-14(23-11-13)10-17(26)25(15)7-6-24-4-1-5-24/h2-3,8-9,11H,1,4-7,10H2. The van der Waals surface area contributed by atoms with Crippen LogP contribution in [0.4, 0.5) is 18.9 Å². The lowest BCUT2D eigenvalue weighted by Gasteiger charge is -2.32. The average molecular weight is 362 g/mol. The fraction of sp³-hybridized carbons (Fsp3) is 0.389. The molecule has 0 radical (unpaired) electrons. The first-order chi connectivity index (χ1) is 12.4. The largest absolute Gasteiger partial charge is 0.433 e. The van der Waals surface area contributed by atoms with Crippen molar-refractivity contribution < 1.29 is 18.0 Å². The van der Waals surface area contributed by atoms with Crippen molar-refractivity contribution in [1.29, 1.82) is 0 Å². The lowest BCUT2D eigenvalue weighted by atomic mass is 10.1. The Balaban J connectivity index is 1.62. The van der Waals surface area contributed by atoms with Crippen LogP contribution < -0.4 is 4.90 Å². The Labute approximate surface area is 148 Å². The molecule has 8 heteroatoms. The van der Waals surface area contributed by atoms with Crippen molar-refractivity contribution in [3.8, 4) is 11.1 Å². The summed E-state index contributed by atoms with van der Waals surface area (Å²) in [5.41, 5.74) is 1.34. The highest BCUT2D eigenvalue weighted by Crippen LogP contribution is 2.34. The molecule has 2 aromatic heterocycles. The third-order valence-corrected chi connectivity index (χ3v) is 4.83. The zero-order valence-electron chi connectivity index (χ0n) is 14.0. The van der Waals surface area contributed by atoms with Gasteiger partial charge in [0, 0.05) is 31.0 Å². The average Bonchev–Trinajstić information content (AvgIpc) is 2.88. The summed E-state index contributed by atoms with van der Waals surface area (Å²) in [6.45, 7) is 3.46. The van der Waals surface area contributed by atoms with Crippen molar-refractivity contribution >= 4 is 11.6 Å². The fourth-order valence-electron chi connectivity index (χ4n) is 3.24. The summed E-state index contributed by atoms with van der Waals surface area (Å²) >= 11 is 0. The number of nitrogens with zero attached hydrogens (tertiary/aromatic N) is 4. The molecule has 0 unspecified atom stereocenters. The van der Waals surface area contributed by atoms with E-state index in [1.165, 1.54) is 18.7 Å². The molecule has 136 valence electrons. The maximum absolute atomic E-state index is 12.9. The molecule has 1 fully saturated rings. The highest BCUT2D eigenvalue weighted by atomic mass is 19.4. The van der Waals surface area contributed by atoms with Crippen molar-refractivity contribution in [2.45, 2.75) is 19.0 Å². The lowest BCUT2D eigenvalue weighted by molar-refractivity contribution is -0.141. The Bertz CT molecular complexity index is 849. The van der Waals surface area contributed by atoms with E-state index in [9.17, 15) is 18.0 Å². The Kier molecular flexibility index (Phi) is 4.14. The van der Waals surface area contributed by atoms with Crippen molar-refractivity contribution in [3.63, 3.8) is 0 Å². The van der Waals surface area contributed by atoms with Gasteiger partial charge in [0.25, 0.3) is 0 Å². The van der Waals surface area contributed by atoms with Gasteiger partial charge in [-0.2, -0.15) is 13.2 Å². The molecule has 4 rings (SSSR count). The Morgan fingerprint density at radius 2 is 1.88 bits per heavy atom. The van der Waals surface area contributed by atoms with E-state index >= 15 is 0 Å². The minimum atomic E-state index is -4.50. The molecular formula is C18H17F3N4O. The van der Waals surface area contributed by atoms with Crippen molar-refractivity contribution in [1.82, 2.24) is 14.9 Å². The quantitative estimate of drug-likeness (QED) is 0.839. The number of alkyl halides is 3. The highest BCUT2D eigenvalue weighted by Gasteiger charge is 2.33. The molecule has 0 atom stereocenters. The molecule has 0 aromatic carbocycles. The van der Waals surface area contributed by atoms with Crippen LogP contribution in [0.15, 0.2) is 30.6 Å². The second-order valence-electron chi connectivity index (χ2n) is 6.53. The number of hydrogen-bond acceptors (Lipinski definition) is 4. The molecule has 0 N–H and O–H groups in total. The van der Waals surface area contributed by atoms with Gasteiger partial charge in [0.05, 0.1) is 17.8 Å². The van der Waals surface area contributed by atoms with Gasteiger partial charge in [-0.05, 0) is 43.3 Å².